The van der Waals surface area contributed by atoms with Crippen molar-refractivity contribution in [1.82, 2.24) is 9.80 Å². The van der Waals surface area contributed by atoms with Crippen LogP contribution in [0.2, 0.25) is 0 Å². The Kier molecular flexibility index (Phi) is 3.59. The summed E-state index contributed by atoms with van der Waals surface area (Å²) < 4.78 is 0. The molecule has 4 aliphatic rings. The Bertz CT molecular complexity index is 394. The molecule has 0 aromatic rings. The predicted octanol–water partition coefficient (Wildman–Crippen LogP) is 2.31. The smallest absolute Gasteiger partial charge is 0.0470 e. The summed E-state index contributed by atoms with van der Waals surface area (Å²) in [5.74, 6) is 3.06. The van der Waals surface area contributed by atoms with Gasteiger partial charge in [0.05, 0.1) is 0 Å². The number of nitrogens with zero attached hydrogens (tertiary/aromatic N) is 2. The van der Waals surface area contributed by atoms with E-state index in [2.05, 4.69) is 23.8 Å². The van der Waals surface area contributed by atoms with E-state index in [1.807, 2.05) is 0 Å². The first kappa shape index (κ1) is 14.5. The summed E-state index contributed by atoms with van der Waals surface area (Å²) in [6, 6.07) is 1.60. The van der Waals surface area contributed by atoms with E-state index in [1.165, 1.54) is 58.0 Å². The fourth-order valence-electron chi connectivity index (χ4n) is 5.85. The van der Waals surface area contributed by atoms with E-state index in [4.69, 9.17) is 5.73 Å². The van der Waals surface area contributed by atoms with Gasteiger partial charge >= 0.3 is 0 Å². The molecule has 4 rings (SSSR count). The largest absolute Gasteiger partial charge is 0.329 e. The second-order valence-corrected chi connectivity index (χ2v) is 8.70. The topological polar surface area (TPSA) is 32.5 Å². The van der Waals surface area contributed by atoms with Crippen molar-refractivity contribution in [1.29, 1.82) is 0 Å². The molecule has 0 aromatic heterocycles. The molecule has 3 saturated carbocycles. The molecule has 0 aromatic carbocycles. The molecule has 0 radical (unpaired) electrons. The van der Waals surface area contributed by atoms with Gasteiger partial charge in [-0.1, -0.05) is 6.42 Å². The summed E-state index contributed by atoms with van der Waals surface area (Å²) in [5, 5.41) is 0. The molecule has 21 heavy (non-hydrogen) atoms. The highest BCUT2D eigenvalue weighted by atomic mass is 15.3. The zero-order valence-corrected chi connectivity index (χ0v) is 13.9. The van der Waals surface area contributed by atoms with Crippen LogP contribution in [0.25, 0.3) is 0 Å². The maximum Gasteiger partial charge on any atom is 0.0470 e. The zero-order chi connectivity index (χ0) is 14.6. The minimum Gasteiger partial charge on any atom is -0.329 e. The molecule has 0 spiro atoms. The van der Waals surface area contributed by atoms with Crippen LogP contribution in [0.3, 0.4) is 0 Å². The SMILES string of the molecule is CC1CC(CN)(N(C)CC2CC3CCC2C3)CN1C1CC1. The molecule has 3 nitrogen and oxygen atoms in total. The molecule has 3 heteroatoms. The third kappa shape index (κ3) is 2.46. The van der Waals surface area contributed by atoms with Gasteiger partial charge in [0, 0.05) is 37.3 Å². The Hall–Kier alpha value is -0.120. The number of hydrogen-bond donors (Lipinski definition) is 1. The van der Waals surface area contributed by atoms with E-state index < -0.39 is 0 Å². The van der Waals surface area contributed by atoms with Crippen molar-refractivity contribution >= 4 is 0 Å². The molecule has 2 bridgehead atoms. The summed E-state index contributed by atoms with van der Waals surface area (Å²) in [6.07, 6.45) is 10.2. The van der Waals surface area contributed by atoms with Crippen LogP contribution in [0.1, 0.15) is 51.9 Å². The molecule has 2 N–H and O–H groups in total. The van der Waals surface area contributed by atoms with E-state index in [1.54, 1.807) is 0 Å². The first-order valence-electron chi connectivity index (χ1n) is 9.28. The van der Waals surface area contributed by atoms with E-state index >= 15 is 0 Å². The van der Waals surface area contributed by atoms with Crippen LogP contribution in [0.15, 0.2) is 0 Å². The molecule has 3 aliphatic carbocycles. The average Bonchev–Trinajstić information content (AvgIpc) is 2.94. The highest BCUT2D eigenvalue weighted by Crippen LogP contribution is 2.49. The Morgan fingerprint density at radius 3 is 2.57 bits per heavy atom. The summed E-state index contributed by atoms with van der Waals surface area (Å²) >= 11 is 0. The lowest BCUT2D eigenvalue weighted by Gasteiger charge is -2.41. The lowest BCUT2D eigenvalue weighted by molar-refractivity contribution is 0.0941. The number of nitrogens with two attached hydrogens (primary N) is 1. The lowest BCUT2D eigenvalue weighted by atomic mass is 9.86. The molecule has 1 aliphatic heterocycles. The predicted molar refractivity (Wildman–Crippen MR) is 87.2 cm³/mol. The van der Waals surface area contributed by atoms with Crippen LogP contribution >= 0.6 is 0 Å². The van der Waals surface area contributed by atoms with Gasteiger partial charge in [0.2, 0.25) is 0 Å². The van der Waals surface area contributed by atoms with Crippen molar-refractivity contribution < 1.29 is 0 Å². The highest BCUT2D eigenvalue weighted by molar-refractivity contribution is 5.07. The molecule has 1 heterocycles. The first-order chi connectivity index (χ1) is 10.1. The van der Waals surface area contributed by atoms with Crippen LogP contribution in [-0.2, 0) is 0 Å². The van der Waals surface area contributed by atoms with E-state index in [9.17, 15) is 0 Å². The number of likely N-dealkylation sites (tertiary alicyclic amines) is 1. The standard InChI is InChI=1S/C18H33N3/c1-13-9-18(11-19,12-21(13)17-5-6-17)20(2)10-16-8-14-3-4-15(16)7-14/h13-17H,3-12,19H2,1-2H3. The maximum atomic E-state index is 6.30. The normalized spacial score (nSPS) is 46.9. The molecule has 120 valence electrons. The van der Waals surface area contributed by atoms with Crippen molar-refractivity contribution in [3.63, 3.8) is 0 Å². The average molecular weight is 291 g/mol. The van der Waals surface area contributed by atoms with Gasteiger partial charge in [-0.2, -0.15) is 0 Å². The lowest BCUT2D eigenvalue weighted by Crippen LogP contribution is -2.55. The first-order valence-corrected chi connectivity index (χ1v) is 9.28. The van der Waals surface area contributed by atoms with Gasteiger partial charge in [0.15, 0.2) is 0 Å². The summed E-state index contributed by atoms with van der Waals surface area (Å²) in [6.45, 7) is 5.76. The monoisotopic (exact) mass is 291 g/mol. The third-order valence-electron chi connectivity index (χ3n) is 7.32. The van der Waals surface area contributed by atoms with E-state index in [0.29, 0.717) is 0 Å². The molecule has 5 atom stereocenters. The quantitative estimate of drug-likeness (QED) is 0.843. The minimum absolute atomic E-state index is 0.254. The second kappa shape index (κ2) is 5.21. The van der Waals surface area contributed by atoms with Crippen molar-refractivity contribution in [2.75, 3.05) is 26.7 Å². The highest BCUT2D eigenvalue weighted by Gasteiger charge is 2.49. The molecular formula is C18H33N3. The van der Waals surface area contributed by atoms with Crippen molar-refractivity contribution in [3.8, 4) is 0 Å². The minimum atomic E-state index is 0.254. The van der Waals surface area contributed by atoms with Gasteiger partial charge in [-0.3, -0.25) is 9.80 Å². The van der Waals surface area contributed by atoms with Gasteiger partial charge in [0.25, 0.3) is 0 Å². The Labute approximate surface area is 130 Å². The summed E-state index contributed by atoms with van der Waals surface area (Å²) in [5.41, 5.74) is 6.55. The summed E-state index contributed by atoms with van der Waals surface area (Å²) in [4.78, 5) is 5.43. The van der Waals surface area contributed by atoms with Gasteiger partial charge in [0.1, 0.15) is 0 Å². The van der Waals surface area contributed by atoms with Crippen molar-refractivity contribution in [3.05, 3.63) is 0 Å². The zero-order valence-electron chi connectivity index (χ0n) is 13.9. The Balaban J connectivity index is 1.42. The van der Waals surface area contributed by atoms with Gasteiger partial charge in [-0.25, -0.2) is 0 Å². The molecular weight excluding hydrogens is 258 g/mol. The maximum absolute atomic E-state index is 6.30. The van der Waals surface area contributed by atoms with Crippen LogP contribution < -0.4 is 5.73 Å². The van der Waals surface area contributed by atoms with Crippen LogP contribution in [0.4, 0.5) is 0 Å². The number of hydrogen-bond acceptors (Lipinski definition) is 3. The second-order valence-electron chi connectivity index (χ2n) is 8.70. The Morgan fingerprint density at radius 1 is 1.19 bits per heavy atom. The van der Waals surface area contributed by atoms with Crippen molar-refractivity contribution in [2.45, 2.75) is 69.5 Å². The van der Waals surface area contributed by atoms with Crippen LogP contribution in [-0.4, -0.2) is 54.1 Å². The number of likely N-dealkylation sites (N-methyl/N-ethyl adjacent to an activating group) is 1. The van der Waals surface area contributed by atoms with E-state index in [-0.39, 0.29) is 5.54 Å². The summed E-state index contributed by atoms with van der Waals surface area (Å²) in [7, 11) is 2.36. The molecule has 4 fully saturated rings. The van der Waals surface area contributed by atoms with Crippen LogP contribution in [0, 0.1) is 17.8 Å². The van der Waals surface area contributed by atoms with E-state index in [0.717, 1.165) is 36.4 Å². The fraction of sp³-hybridized carbons (Fsp3) is 1.00. The Morgan fingerprint density at radius 2 is 2.00 bits per heavy atom. The molecule has 5 unspecified atom stereocenters. The van der Waals surface area contributed by atoms with Gasteiger partial charge < -0.3 is 5.73 Å². The number of fused-ring (bicyclic) bond motifs is 2. The molecule has 1 saturated heterocycles. The van der Waals surface area contributed by atoms with Gasteiger partial charge in [-0.15, -0.1) is 0 Å². The van der Waals surface area contributed by atoms with Crippen molar-refractivity contribution in [2.24, 2.45) is 23.5 Å². The van der Waals surface area contributed by atoms with Gasteiger partial charge in [-0.05, 0) is 70.3 Å². The fourth-order valence-corrected chi connectivity index (χ4v) is 5.85. The molecule has 0 amide bonds. The van der Waals surface area contributed by atoms with Crippen LogP contribution in [0.5, 0.6) is 0 Å². The third-order valence-corrected chi connectivity index (χ3v) is 7.32. The number of rotatable bonds is 5.